The Morgan fingerprint density at radius 1 is 1.04 bits per heavy atom. The highest BCUT2D eigenvalue weighted by atomic mass is 16.6. The normalized spacial score (nSPS) is 56.8. The average molecular weight is 373 g/mol. The third-order valence-corrected chi connectivity index (χ3v) is 9.86. The van der Waals surface area contributed by atoms with Gasteiger partial charge in [-0.25, -0.2) is 0 Å². The number of esters is 2. The van der Waals surface area contributed by atoms with E-state index in [1.54, 1.807) is 0 Å². The van der Waals surface area contributed by atoms with Gasteiger partial charge in [-0.15, -0.1) is 0 Å². The molecule has 0 aromatic heterocycles. The van der Waals surface area contributed by atoms with Crippen LogP contribution in [0.25, 0.3) is 0 Å². The smallest absolute Gasteiger partial charge is 0.310 e. The van der Waals surface area contributed by atoms with Crippen molar-refractivity contribution in [2.75, 3.05) is 0 Å². The van der Waals surface area contributed by atoms with Gasteiger partial charge in [-0.2, -0.15) is 0 Å². The Morgan fingerprint density at radius 2 is 1.67 bits per heavy atom. The molecule has 1 saturated heterocycles. The van der Waals surface area contributed by atoms with Gasteiger partial charge in [-0.3, -0.25) is 9.59 Å². The standard InChI is InChI=1S/C23H32O4/c1-10(2)23(14-5-12-4-13(7-14)8-15(23)6-12)27-22(25)18-16-9-17-19(18)21(24)26-20(17)11(16)3/h10-20H,4-9H2,1-3H3. The van der Waals surface area contributed by atoms with Gasteiger partial charge in [0.25, 0.3) is 0 Å². The van der Waals surface area contributed by atoms with E-state index in [-0.39, 0.29) is 47.3 Å². The number of hydrogen-bond donors (Lipinski definition) is 0. The van der Waals surface area contributed by atoms with Gasteiger partial charge in [0.1, 0.15) is 11.7 Å². The Bertz CT molecular complexity index is 668. The van der Waals surface area contributed by atoms with Gasteiger partial charge in [0.05, 0.1) is 11.8 Å². The second-order valence-corrected chi connectivity index (χ2v) is 11.1. The SMILES string of the molecule is CC1C2CC3C1OC(=O)C3C2C(=O)OC1(C(C)C)C2CC3CC(C2)CC1C3. The topological polar surface area (TPSA) is 52.6 Å². The summed E-state index contributed by atoms with van der Waals surface area (Å²) in [6.07, 6.45) is 7.36. The second-order valence-electron chi connectivity index (χ2n) is 11.1. The Morgan fingerprint density at radius 3 is 2.26 bits per heavy atom. The minimum Gasteiger partial charge on any atom is -0.462 e. The molecule has 6 aliphatic carbocycles. The van der Waals surface area contributed by atoms with Gasteiger partial charge < -0.3 is 9.47 Å². The zero-order chi connectivity index (χ0) is 18.7. The molecule has 0 N–H and O–H groups in total. The molecule has 1 aliphatic heterocycles. The van der Waals surface area contributed by atoms with Crippen molar-refractivity contribution < 1.29 is 19.1 Å². The van der Waals surface area contributed by atoms with Gasteiger partial charge in [0, 0.05) is 5.92 Å². The third-order valence-electron chi connectivity index (χ3n) is 9.86. The van der Waals surface area contributed by atoms with E-state index in [4.69, 9.17) is 9.47 Å². The molecule has 0 aromatic rings. The summed E-state index contributed by atoms with van der Waals surface area (Å²) in [6.45, 7) is 6.66. The highest BCUT2D eigenvalue weighted by Gasteiger charge is 2.69. The molecular weight excluding hydrogens is 340 g/mol. The van der Waals surface area contributed by atoms with E-state index in [1.165, 1.54) is 32.1 Å². The van der Waals surface area contributed by atoms with Gasteiger partial charge in [-0.05, 0) is 80.0 Å². The lowest BCUT2D eigenvalue weighted by molar-refractivity contribution is -0.230. The number of carbonyl (C=O) groups excluding carboxylic acids is 2. The molecule has 6 bridgehead atoms. The van der Waals surface area contributed by atoms with Crippen LogP contribution in [0.3, 0.4) is 0 Å². The van der Waals surface area contributed by atoms with E-state index < -0.39 is 0 Å². The summed E-state index contributed by atoms with van der Waals surface area (Å²) in [5.74, 6) is 3.22. The monoisotopic (exact) mass is 372 g/mol. The molecule has 7 fully saturated rings. The fourth-order valence-electron chi connectivity index (χ4n) is 9.09. The molecule has 148 valence electrons. The molecule has 0 spiro atoms. The number of rotatable bonds is 3. The largest absolute Gasteiger partial charge is 0.462 e. The molecule has 7 rings (SSSR count). The van der Waals surface area contributed by atoms with Gasteiger partial charge in [0.2, 0.25) is 0 Å². The molecule has 1 heterocycles. The zero-order valence-electron chi connectivity index (χ0n) is 16.7. The van der Waals surface area contributed by atoms with Crippen molar-refractivity contribution in [3.05, 3.63) is 0 Å². The highest BCUT2D eigenvalue weighted by Crippen LogP contribution is 2.64. The summed E-state index contributed by atoms with van der Waals surface area (Å²) >= 11 is 0. The summed E-state index contributed by atoms with van der Waals surface area (Å²) in [5, 5.41) is 0. The van der Waals surface area contributed by atoms with Crippen LogP contribution in [-0.4, -0.2) is 23.6 Å². The first-order valence-electron chi connectivity index (χ1n) is 11.3. The van der Waals surface area contributed by atoms with Crippen molar-refractivity contribution in [2.24, 2.45) is 59.2 Å². The van der Waals surface area contributed by atoms with Crippen LogP contribution in [0.4, 0.5) is 0 Å². The minimum absolute atomic E-state index is 0.0526. The van der Waals surface area contributed by atoms with Crippen molar-refractivity contribution in [1.82, 2.24) is 0 Å². The molecule has 6 atom stereocenters. The summed E-state index contributed by atoms with van der Waals surface area (Å²) in [5.41, 5.74) is -0.294. The maximum Gasteiger partial charge on any atom is 0.310 e. The van der Waals surface area contributed by atoms with Gasteiger partial charge in [-0.1, -0.05) is 20.8 Å². The quantitative estimate of drug-likeness (QED) is 0.707. The molecule has 0 aromatic carbocycles. The van der Waals surface area contributed by atoms with Crippen LogP contribution in [-0.2, 0) is 19.1 Å². The summed E-state index contributed by atoms with van der Waals surface area (Å²) in [4.78, 5) is 26.1. The molecule has 4 heteroatoms. The Hall–Kier alpha value is -1.06. The first-order chi connectivity index (χ1) is 12.9. The van der Waals surface area contributed by atoms with Crippen LogP contribution in [0, 0.1) is 59.2 Å². The van der Waals surface area contributed by atoms with E-state index in [1.807, 2.05) is 0 Å². The lowest BCUT2D eigenvalue weighted by Gasteiger charge is -2.62. The predicted octanol–water partition coefficient (Wildman–Crippen LogP) is 3.82. The Kier molecular flexibility index (Phi) is 3.31. The van der Waals surface area contributed by atoms with E-state index >= 15 is 0 Å². The molecule has 6 unspecified atom stereocenters. The van der Waals surface area contributed by atoms with Crippen molar-refractivity contribution in [2.45, 2.75) is 71.0 Å². The fraction of sp³-hybridized carbons (Fsp3) is 0.913. The number of fused-ring (bicyclic) bond motifs is 1. The molecule has 0 radical (unpaired) electrons. The summed E-state index contributed by atoms with van der Waals surface area (Å²) in [6, 6.07) is 0. The maximum absolute atomic E-state index is 13.6. The molecule has 6 saturated carbocycles. The highest BCUT2D eigenvalue weighted by molar-refractivity contribution is 5.86. The van der Waals surface area contributed by atoms with Crippen molar-refractivity contribution in [3.8, 4) is 0 Å². The van der Waals surface area contributed by atoms with Crippen molar-refractivity contribution in [3.63, 3.8) is 0 Å². The average Bonchev–Trinajstić information content (AvgIpc) is 3.21. The van der Waals surface area contributed by atoms with Crippen molar-refractivity contribution in [1.29, 1.82) is 0 Å². The van der Waals surface area contributed by atoms with Gasteiger partial charge >= 0.3 is 11.9 Å². The number of hydrogen-bond acceptors (Lipinski definition) is 4. The van der Waals surface area contributed by atoms with Crippen LogP contribution in [0.5, 0.6) is 0 Å². The molecule has 27 heavy (non-hydrogen) atoms. The lowest BCUT2D eigenvalue weighted by Crippen LogP contribution is -2.63. The first kappa shape index (κ1) is 16.9. The lowest BCUT2D eigenvalue weighted by atomic mass is 9.47. The second kappa shape index (κ2) is 5.30. The maximum atomic E-state index is 13.6. The molecular formula is C23H32O4. The van der Waals surface area contributed by atoms with Crippen LogP contribution in [0.1, 0.15) is 59.3 Å². The number of carbonyl (C=O) groups is 2. The van der Waals surface area contributed by atoms with Crippen LogP contribution >= 0.6 is 0 Å². The van der Waals surface area contributed by atoms with E-state index in [9.17, 15) is 9.59 Å². The van der Waals surface area contributed by atoms with E-state index in [2.05, 4.69) is 20.8 Å². The Balaban J connectivity index is 1.32. The summed E-state index contributed by atoms with van der Waals surface area (Å²) in [7, 11) is 0. The van der Waals surface area contributed by atoms with Crippen LogP contribution in [0.15, 0.2) is 0 Å². The van der Waals surface area contributed by atoms with Gasteiger partial charge in [0.15, 0.2) is 0 Å². The molecule has 4 nitrogen and oxygen atoms in total. The molecule has 0 amide bonds. The Labute approximate surface area is 161 Å². The fourth-order valence-corrected chi connectivity index (χ4v) is 9.09. The van der Waals surface area contributed by atoms with E-state index in [0.29, 0.717) is 23.7 Å². The van der Waals surface area contributed by atoms with Crippen LogP contribution in [0.2, 0.25) is 0 Å². The minimum atomic E-state index is -0.294. The van der Waals surface area contributed by atoms with Crippen LogP contribution < -0.4 is 0 Å². The molecule has 7 aliphatic rings. The van der Waals surface area contributed by atoms with E-state index in [0.717, 1.165) is 18.3 Å². The third kappa shape index (κ3) is 1.95. The number of ether oxygens (including phenoxy) is 2. The van der Waals surface area contributed by atoms with Crippen molar-refractivity contribution >= 4 is 11.9 Å². The summed E-state index contributed by atoms with van der Waals surface area (Å²) < 4.78 is 12.3. The predicted molar refractivity (Wildman–Crippen MR) is 98.3 cm³/mol. The zero-order valence-corrected chi connectivity index (χ0v) is 16.7. The first-order valence-corrected chi connectivity index (χ1v) is 11.3.